The third kappa shape index (κ3) is 3.68. The van der Waals surface area contributed by atoms with E-state index < -0.39 is 0 Å². The van der Waals surface area contributed by atoms with E-state index in [0.717, 1.165) is 31.2 Å². The van der Waals surface area contributed by atoms with Crippen LogP contribution in [0.1, 0.15) is 22.6 Å². The second-order valence-corrected chi connectivity index (χ2v) is 5.04. The highest BCUT2D eigenvalue weighted by molar-refractivity contribution is 5.20. The first-order valence-corrected chi connectivity index (χ1v) is 6.47. The predicted octanol–water partition coefficient (Wildman–Crippen LogP) is 1.67. The van der Waals surface area contributed by atoms with E-state index in [0.29, 0.717) is 0 Å². The second kappa shape index (κ2) is 6.04. The summed E-state index contributed by atoms with van der Waals surface area (Å²) < 4.78 is 7.67. The fourth-order valence-electron chi connectivity index (χ4n) is 2.19. The summed E-state index contributed by atoms with van der Waals surface area (Å²) in [6, 6.07) is 2.12. The molecule has 2 heterocycles. The molecule has 104 valence electrons. The number of nitrogens with zero attached hydrogens (tertiary/aromatic N) is 3. The van der Waals surface area contributed by atoms with Gasteiger partial charge in [-0.15, -0.1) is 0 Å². The summed E-state index contributed by atoms with van der Waals surface area (Å²) in [5, 5.41) is 7.29. The van der Waals surface area contributed by atoms with Gasteiger partial charge < -0.3 is 9.73 Å². The first-order valence-electron chi connectivity index (χ1n) is 6.47. The van der Waals surface area contributed by atoms with Gasteiger partial charge in [0.2, 0.25) is 0 Å². The first kappa shape index (κ1) is 13.8. The molecule has 5 heteroatoms. The van der Waals surface area contributed by atoms with Crippen LogP contribution in [0.2, 0.25) is 0 Å². The molecule has 0 aliphatic heterocycles. The van der Waals surface area contributed by atoms with Crippen molar-refractivity contribution in [1.29, 1.82) is 0 Å². The van der Waals surface area contributed by atoms with E-state index in [-0.39, 0.29) is 0 Å². The lowest BCUT2D eigenvalue weighted by atomic mass is 10.2. The standard InChI is InChI=1S/C14H22N4O/c1-11-5-13(19-14(11)7-15-2)10-17(3)8-12-6-16-18(4)9-12/h5-6,9,15H,7-8,10H2,1-4H3. The van der Waals surface area contributed by atoms with Gasteiger partial charge in [-0.25, -0.2) is 0 Å². The van der Waals surface area contributed by atoms with Crippen LogP contribution in [-0.4, -0.2) is 28.8 Å². The molecule has 2 aromatic heterocycles. The third-order valence-corrected chi connectivity index (χ3v) is 3.05. The molecule has 0 saturated carbocycles. The monoisotopic (exact) mass is 262 g/mol. The topological polar surface area (TPSA) is 46.2 Å². The molecule has 0 aromatic carbocycles. The van der Waals surface area contributed by atoms with E-state index in [1.165, 1.54) is 11.1 Å². The number of rotatable bonds is 6. The maximum Gasteiger partial charge on any atom is 0.120 e. The SMILES string of the molecule is CNCc1oc(CN(C)Cc2cnn(C)c2)cc1C. The minimum absolute atomic E-state index is 0.776. The minimum Gasteiger partial charge on any atom is -0.463 e. The molecule has 0 aliphatic carbocycles. The van der Waals surface area contributed by atoms with Gasteiger partial charge in [0.15, 0.2) is 0 Å². The molecular formula is C14H22N4O. The maximum atomic E-state index is 5.84. The number of aryl methyl sites for hydroxylation is 2. The predicted molar refractivity (Wildman–Crippen MR) is 74.6 cm³/mol. The lowest BCUT2D eigenvalue weighted by Crippen LogP contribution is -2.16. The largest absolute Gasteiger partial charge is 0.463 e. The normalized spacial score (nSPS) is 11.4. The molecule has 0 radical (unpaired) electrons. The number of furan rings is 1. The summed E-state index contributed by atoms with van der Waals surface area (Å²) in [5.74, 6) is 2.03. The van der Waals surface area contributed by atoms with Crippen LogP contribution in [0.5, 0.6) is 0 Å². The van der Waals surface area contributed by atoms with E-state index in [9.17, 15) is 0 Å². The summed E-state index contributed by atoms with van der Waals surface area (Å²) in [5.41, 5.74) is 2.42. The summed E-state index contributed by atoms with van der Waals surface area (Å²) in [6.07, 6.45) is 3.94. The molecule has 0 bridgehead atoms. The van der Waals surface area contributed by atoms with E-state index >= 15 is 0 Å². The molecular weight excluding hydrogens is 240 g/mol. The van der Waals surface area contributed by atoms with Crippen LogP contribution in [0.3, 0.4) is 0 Å². The Kier molecular flexibility index (Phi) is 4.39. The first-order chi connectivity index (χ1) is 9.08. The van der Waals surface area contributed by atoms with E-state index in [4.69, 9.17) is 4.42 Å². The van der Waals surface area contributed by atoms with Crippen LogP contribution in [0.4, 0.5) is 0 Å². The van der Waals surface area contributed by atoms with Crippen LogP contribution in [0.25, 0.3) is 0 Å². The summed E-state index contributed by atoms with van der Waals surface area (Å²) in [4.78, 5) is 2.22. The molecule has 0 saturated heterocycles. The molecule has 0 aliphatic rings. The summed E-state index contributed by atoms with van der Waals surface area (Å²) in [6.45, 7) is 4.54. The van der Waals surface area contributed by atoms with Crippen molar-refractivity contribution in [3.63, 3.8) is 0 Å². The molecule has 0 unspecified atom stereocenters. The van der Waals surface area contributed by atoms with Crippen LogP contribution in [0.15, 0.2) is 22.9 Å². The Balaban J connectivity index is 1.94. The Morgan fingerprint density at radius 2 is 2.21 bits per heavy atom. The zero-order valence-electron chi connectivity index (χ0n) is 12.1. The van der Waals surface area contributed by atoms with Gasteiger partial charge in [0.25, 0.3) is 0 Å². The Morgan fingerprint density at radius 1 is 1.42 bits per heavy atom. The van der Waals surface area contributed by atoms with Gasteiger partial charge in [-0.2, -0.15) is 5.10 Å². The van der Waals surface area contributed by atoms with Crippen LogP contribution < -0.4 is 5.32 Å². The average Bonchev–Trinajstić information content (AvgIpc) is 2.87. The highest BCUT2D eigenvalue weighted by atomic mass is 16.3. The molecule has 0 spiro atoms. The van der Waals surface area contributed by atoms with Crippen molar-refractivity contribution in [2.24, 2.45) is 7.05 Å². The minimum atomic E-state index is 0.776. The number of aromatic nitrogens is 2. The Labute approximate surface area is 114 Å². The fourth-order valence-corrected chi connectivity index (χ4v) is 2.19. The number of nitrogens with one attached hydrogen (secondary N) is 1. The van der Waals surface area contributed by atoms with Crippen molar-refractivity contribution in [3.8, 4) is 0 Å². The zero-order valence-corrected chi connectivity index (χ0v) is 12.1. The number of hydrogen-bond donors (Lipinski definition) is 1. The van der Waals surface area contributed by atoms with E-state index in [1.54, 1.807) is 0 Å². The molecule has 0 fully saturated rings. The van der Waals surface area contributed by atoms with Crippen molar-refractivity contribution in [3.05, 3.63) is 41.1 Å². The summed E-state index contributed by atoms with van der Waals surface area (Å²) >= 11 is 0. The van der Waals surface area contributed by atoms with E-state index in [1.807, 2.05) is 31.2 Å². The maximum absolute atomic E-state index is 5.84. The Morgan fingerprint density at radius 3 is 2.84 bits per heavy atom. The van der Waals surface area contributed by atoms with Gasteiger partial charge in [0.05, 0.1) is 19.3 Å². The highest BCUT2D eigenvalue weighted by Crippen LogP contribution is 2.16. The quantitative estimate of drug-likeness (QED) is 0.860. The molecule has 2 rings (SSSR count). The molecule has 1 N–H and O–H groups in total. The highest BCUT2D eigenvalue weighted by Gasteiger charge is 2.10. The van der Waals surface area contributed by atoms with Crippen molar-refractivity contribution in [2.75, 3.05) is 14.1 Å². The average molecular weight is 262 g/mol. The van der Waals surface area contributed by atoms with E-state index in [2.05, 4.69) is 35.4 Å². The molecule has 19 heavy (non-hydrogen) atoms. The zero-order chi connectivity index (χ0) is 13.8. The van der Waals surface area contributed by atoms with Crippen molar-refractivity contribution in [2.45, 2.75) is 26.6 Å². The molecule has 0 amide bonds. The lowest BCUT2D eigenvalue weighted by Gasteiger charge is -2.13. The Bertz CT molecular complexity index is 529. The van der Waals surface area contributed by atoms with Gasteiger partial charge in [-0.05, 0) is 32.6 Å². The van der Waals surface area contributed by atoms with Gasteiger partial charge in [-0.1, -0.05) is 0 Å². The van der Waals surface area contributed by atoms with Crippen molar-refractivity contribution < 1.29 is 4.42 Å². The number of hydrogen-bond acceptors (Lipinski definition) is 4. The lowest BCUT2D eigenvalue weighted by molar-refractivity contribution is 0.283. The second-order valence-electron chi connectivity index (χ2n) is 5.04. The Hall–Kier alpha value is -1.59. The van der Waals surface area contributed by atoms with Gasteiger partial charge in [0.1, 0.15) is 11.5 Å². The summed E-state index contributed by atoms with van der Waals surface area (Å²) in [7, 11) is 5.95. The van der Waals surface area contributed by atoms with Crippen molar-refractivity contribution >= 4 is 0 Å². The fraction of sp³-hybridized carbons (Fsp3) is 0.500. The van der Waals surface area contributed by atoms with Gasteiger partial charge >= 0.3 is 0 Å². The van der Waals surface area contributed by atoms with Crippen LogP contribution in [-0.2, 0) is 26.7 Å². The van der Waals surface area contributed by atoms with Gasteiger partial charge in [-0.3, -0.25) is 9.58 Å². The van der Waals surface area contributed by atoms with Crippen molar-refractivity contribution in [1.82, 2.24) is 20.0 Å². The molecule has 5 nitrogen and oxygen atoms in total. The van der Waals surface area contributed by atoms with Crippen LogP contribution in [0, 0.1) is 6.92 Å². The third-order valence-electron chi connectivity index (χ3n) is 3.05. The van der Waals surface area contributed by atoms with Crippen LogP contribution >= 0.6 is 0 Å². The molecule has 0 atom stereocenters. The van der Waals surface area contributed by atoms with Gasteiger partial charge in [0, 0.05) is 25.4 Å². The smallest absolute Gasteiger partial charge is 0.120 e. The molecule has 2 aromatic rings.